The quantitative estimate of drug-likeness (QED) is 0.201. The third kappa shape index (κ3) is 3.78. The Morgan fingerprint density at radius 2 is 0.977 bits per heavy atom. The van der Waals surface area contributed by atoms with E-state index in [1.165, 1.54) is 97.7 Å². The molecule has 2 aliphatic carbocycles. The first kappa shape index (κ1) is 25.6. The van der Waals surface area contributed by atoms with Crippen LogP contribution in [0.2, 0.25) is 0 Å². The van der Waals surface area contributed by atoms with Crippen molar-refractivity contribution in [3.63, 3.8) is 0 Å². The largest absolute Gasteiger partial charge is 0.309 e. The van der Waals surface area contributed by atoms with Crippen LogP contribution >= 0.6 is 0 Å². The molecule has 0 saturated carbocycles. The van der Waals surface area contributed by atoms with Crippen molar-refractivity contribution < 1.29 is 0 Å². The molecule has 0 spiro atoms. The summed E-state index contributed by atoms with van der Waals surface area (Å²) in [5.41, 5.74) is 17.5. The highest BCUT2D eigenvalue weighted by molar-refractivity contribution is 6.09. The third-order valence-electron chi connectivity index (χ3n) is 10.4. The Morgan fingerprint density at radius 1 is 0.477 bits per heavy atom. The van der Waals surface area contributed by atoms with Crippen molar-refractivity contribution in [2.24, 2.45) is 0 Å². The predicted molar refractivity (Wildman–Crippen MR) is 186 cm³/mol. The summed E-state index contributed by atoms with van der Waals surface area (Å²) in [6.07, 6.45) is 5.08. The zero-order chi connectivity index (χ0) is 29.4. The molecule has 7 aromatic rings. The summed E-state index contributed by atoms with van der Waals surface area (Å²) in [5.74, 6) is 0. The Balaban J connectivity index is 1.07. The SMILES string of the molecule is CC1(C)c2cc(-c3ccc(-n4c5ccccc5c5ccccc54)cc3)ccc2-c2ccc(-c3ccc4c(c3)CCCC4)cc21. The fourth-order valence-corrected chi connectivity index (χ4v) is 8.01. The number of rotatable bonds is 3. The molecule has 1 aromatic heterocycles. The maximum Gasteiger partial charge on any atom is 0.0541 e. The summed E-state index contributed by atoms with van der Waals surface area (Å²) >= 11 is 0. The molecule has 0 N–H and O–H groups in total. The fraction of sp³-hybridized carbons (Fsp3) is 0.163. The van der Waals surface area contributed by atoms with Crippen LogP contribution in [0.15, 0.2) is 127 Å². The van der Waals surface area contributed by atoms with Gasteiger partial charge in [-0.2, -0.15) is 0 Å². The van der Waals surface area contributed by atoms with Crippen molar-refractivity contribution >= 4 is 21.8 Å². The number of aryl methyl sites for hydroxylation is 2. The molecule has 9 rings (SSSR count). The average Bonchev–Trinajstić information content (AvgIpc) is 3.53. The zero-order valence-electron chi connectivity index (χ0n) is 25.4. The number of nitrogens with zero attached hydrogens (tertiary/aromatic N) is 1. The van der Waals surface area contributed by atoms with Crippen molar-refractivity contribution in [3.05, 3.63) is 150 Å². The van der Waals surface area contributed by atoms with Gasteiger partial charge in [0.25, 0.3) is 0 Å². The maximum atomic E-state index is 2.46. The van der Waals surface area contributed by atoms with Crippen molar-refractivity contribution in [2.45, 2.75) is 44.9 Å². The lowest BCUT2D eigenvalue weighted by molar-refractivity contribution is 0.661. The summed E-state index contributed by atoms with van der Waals surface area (Å²) < 4.78 is 2.39. The molecule has 0 bridgehead atoms. The van der Waals surface area contributed by atoms with Crippen LogP contribution in [0, 0.1) is 0 Å². The lowest BCUT2D eigenvalue weighted by Crippen LogP contribution is -2.15. The molecule has 1 heteroatoms. The van der Waals surface area contributed by atoms with E-state index in [1.54, 1.807) is 11.1 Å². The van der Waals surface area contributed by atoms with Gasteiger partial charge in [0.15, 0.2) is 0 Å². The first-order chi connectivity index (χ1) is 21.6. The Hall–Kier alpha value is -4.88. The highest BCUT2D eigenvalue weighted by atomic mass is 15.0. The van der Waals surface area contributed by atoms with Gasteiger partial charge in [0.05, 0.1) is 11.0 Å². The minimum atomic E-state index is -0.0617. The molecule has 44 heavy (non-hydrogen) atoms. The summed E-state index contributed by atoms with van der Waals surface area (Å²) in [4.78, 5) is 0. The van der Waals surface area contributed by atoms with E-state index < -0.39 is 0 Å². The minimum absolute atomic E-state index is 0.0617. The Kier molecular flexibility index (Phi) is 5.56. The van der Waals surface area contributed by atoms with Gasteiger partial charge in [0, 0.05) is 21.9 Å². The molecule has 6 aromatic carbocycles. The van der Waals surface area contributed by atoms with Gasteiger partial charge < -0.3 is 4.57 Å². The third-order valence-corrected chi connectivity index (χ3v) is 10.4. The van der Waals surface area contributed by atoms with E-state index in [2.05, 4.69) is 146 Å². The summed E-state index contributed by atoms with van der Waals surface area (Å²) in [7, 11) is 0. The molecule has 1 nitrogen and oxygen atoms in total. The minimum Gasteiger partial charge on any atom is -0.309 e. The van der Waals surface area contributed by atoms with E-state index in [0.29, 0.717) is 0 Å². The normalized spacial score (nSPS) is 14.9. The summed E-state index contributed by atoms with van der Waals surface area (Å²) in [5, 5.41) is 2.59. The van der Waals surface area contributed by atoms with Crippen LogP contribution < -0.4 is 0 Å². The van der Waals surface area contributed by atoms with Crippen LogP contribution in [0.5, 0.6) is 0 Å². The van der Waals surface area contributed by atoms with Crippen LogP contribution in [-0.4, -0.2) is 4.57 Å². The van der Waals surface area contributed by atoms with E-state index in [4.69, 9.17) is 0 Å². The molecule has 2 aliphatic rings. The van der Waals surface area contributed by atoms with Gasteiger partial charge in [-0.15, -0.1) is 0 Å². The lowest BCUT2D eigenvalue weighted by Gasteiger charge is -2.23. The second kappa shape index (κ2) is 9.56. The molecular weight excluding hydrogens is 530 g/mol. The van der Waals surface area contributed by atoms with E-state index in [-0.39, 0.29) is 5.41 Å². The van der Waals surface area contributed by atoms with Gasteiger partial charge in [-0.3, -0.25) is 0 Å². The van der Waals surface area contributed by atoms with Gasteiger partial charge in [-0.25, -0.2) is 0 Å². The second-order valence-electron chi connectivity index (χ2n) is 13.3. The zero-order valence-corrected chi connectivity index (χ0v) is 25.4. The molecular formula is C43H35N. The molecule has 0 aliphatic heterocycles. The second-order valence-corrected chi connectivity index (χ2v) is 13.3. The molecule has 0 atom stereocenters. The Bertz CT molecular complexity index is 2190. The van der Waals surface area contributed by atoms with Crippen molar-refractivity contribution in [2.75, 3.05) is 0 Å². The predicted octanol–water partition coefficient (Wildman–Crippen LogP) is 11.3. The molecule has 1 heterocycles. The highest BCUT2D eigenvalue weighted by Gasteiger charge is 2.36. The lowest BCUT2D eigenvalue weighted by atomic mass is 9.80. The number of hydrogen-bond donors (Lipinski definition) is 0. The van der Waals surface area contributed by atoms with E-state index in [1.807, 2.05) is 0 Å². The monoisotopic (exact) mass is 565 g/mol. The van der Waals surface area contributed by atoms with Crippen LogP contribution in [0.4, 0.5) is 0 Å². The van der Waals surface area contributed by atoms with Crippen molar-refractivity contribution in [3.8, 4) is 39.1 Å². The summed E-state index contributed by atoms with van der Waals surface area (Å²) in [6, 6.07) is 47.9. The van der Waals surface area contributed by atoms with Crippen molar-refractivity contribution in [1.29, 1.82) is 0 Å². The van der Waals surface area contributed by atoms with Crippen LogP contribution in [-0.2, 0) is 18.3 Å². The van der Waals surface area contributed by atoms with E-state index in [9.17, 15) is 0 Å². The molecule has 212 valence electrons. The van der Waals surface area contributed by atoms with Crippen LogP contribution in [0.25, 0.3) is 60.9 Å². The van der Waals surface area contributed by atoms with Crippen LogP contribution in [0.1, 0.15) is 48.9 Å². The van der Waals surface area contributed by atoms with Gasteiger partial charge in [-0.1, -0.05) is 105 Å². The number of fused-ring (bicyclic) bond motifs is 7. The Morgan fingerprint density at radius 3 is 1.61 bits per heavy atom. The van der Waals surface area contributed by atoms with Gasteiger partial charge in [-0.05, 0) is 118 Å². The average molecular weight is 566 g/mol. The van der Waals surface area contributed by atoms with Gasteiger partial charge >= 0.3 is 0 Å². The highest BCUT2D eigenvalue weighted by Crippen LogP contribution is 2.50. The van der Waals surface area contributed by atoms with Gasteiger partial charge in [0.1, 0.15) is 0 Å². The topological polar surface area (TPSA) is 4.93 Å². The summed E-state index contributed by atoms with van der Waals surface area (Å²) in [6.45, 7) is 4.78. The molecule has 0 amide bonds. The molecule has 0 fully saturated rings. The van der Waals surface area contributed by atoms with E-state index >= 15 is 0 Å². The van der Waals surface area contributed by atoms with Crippen molar-refractivity contribution in [1.82, 2.24) is 4.57 Å². The first-order valence-electron chi connectivity index (χ1n) is 16.1. The molecule has 0 radical (unpaired) electrons. The van der Waals surface area contributed by atoms with Gasteiger partial charge in [0.2, 0.25) is 0 Å². The Labute approximate surface area is 259 Å². The fourth-order valence-electron chi connectivity index (χ4n) is 8.01. The first-order valence-corrected chi connectivity index (χ1v) is 16.1. The van der Waals surface area contributed by atoms with E-state index in [0.717, 1.165) is 0 Å². The smallest absolute Gasteiger partial charge is 0.0541 e. The number of hydrogen-bond acceptors (Lipinski definition) is 0. The molecule has 0 unspecified atom stereocenters. The van der Waals surface area contributed by atoms with Crippen LogP contribution in [0.3, 0.4) is 0 Å². The standard InChI is InChI=1S/C43H35N/c1-43(2)39-26-32(29-17-21-34(22-18-29)44-41-13-7-5-11-37(41)38-12-6-8-14-42(38)44)19-23-35(39)36-24-20-33(27-40(36)43)31-16-15-28-9-3-4-10-30(28)25-31/h5-8,11-27H,3-4,9-10H2,1-2H3. The number of aromatic nitrogens is 1. The number of benzene rings is 6. The number of para-hydroxylation sites is 2. The maximum absolute atomic E-state index is 2.46. The molecule has 0 saturated heterocycles.